The van der Waals surface area contributed by atoms with Gasteiger partial charge in [-0.15, -0.1) is 0 Å². The van der Waals surface area contributed by atoms with Crippen molar-refractivity contribution in [3.05, 3.63) is 75.9 Å². The molecule has 5 nitrogen and oxygen atoms in total. The molecule has 0 saturated carbocycles. The molecule has 0 saturated heterocycles. The molecule has 2 amide bonds. The van der Waals surface area contributed by atoms with Crippen LogP contribution in [0.1, 0.15) is 44.4 Å². The highest BCUT2D eigenvalue weighted by Gasteiger charge is 2.36. The predicted molar refractivity (Wildman–Crippen MR) is 124 cm³/mol. The number of nitrogens with zero attached hydrogens (tertiary/aromatic N) is 3. The Kier molecular flexibility index (Phi) is 4.86. The topological polar surface area (TPSA) is 64.4 Å². The molecular weight excluding hydrogens is 385 g/mol. The third kappa shape index (κ3) is 3.00. The summed E-state index contributed by atoms with van der Waals surface area (Å²) in [7, 11) is 2.06. The van der Waals surface area contributed by atoms with Crippen molar-refractivity contribution in [2.75, 3.05) is 11.4 Å². The monoisotopic (exact) mass is 409 g/mol. The van der Waals surface area contributed by atoms with Crippen LogP contribution in [0.3, 0.4) is 0 Å². The standard InChI is InChI=1S/C25H24BN3O2/c1-5-28-23(30)17(15(2)18(14-27)24(28)31)12-16-10-11-22-20(13-16)25(3,4)19-8-6-7-9-21(19)29(22)26/h6-13H,5,26H2,1-4H3/b17-12+. The van der Waals surface area contributed by atoms with Crippen LogP contribution in [-0.2, 0) is 15.0 Å². The summed E-state index contributed by atoms with van der Waals surface area (Å²) in [5, 5.41) is 9.46. The van der Waals surface area contributed by atoms with Crippen LogP contribution in [0.2, 0.25) is 0 Å². The Morgan fingerprint density at radius 1 is 1.06 bits per heavy atom. The highest BCUT2D eigenvalue weighted by molar-refractivity contribution is 6.24. The van der Waals surface area contributed by atoms with E-state index >= 15 is 0 Å². The molecule has 0 aliphatic carbocycles. The summed E-state index contributed by atoms with van der Waals surface area (Å²) in [5.41, 5.74) is 6.22. The number of carbonyl (C=O) groups is 2. The number of benzene rings is 2. The Labute approximate surface area is 183 Å². The molecule has 31 heavy (non-hydrogen) atoms. The second kappa shape index (κ2) is 7.28. The van der Waals surface area contributed by atoms with Crippen LogP contribution in [0.5, 0.6) is 0 Å². The van der Waals surface area contributed by atoms with Gasteiger partial charge in [0.15, 0.2) is 0 Å². The molecule has 0 atom stereocenters. The third-order valence-corrected chi connectivity index (χ3v) is 6.45. The van der Waals surface area contributed by atoms with Crippen molar-refractivity contribution in [3.8, 4) is 6.07 Å². The summed E-state index contributed by atoms with van der Waals surface area (Å²) >= 11 is 0. The van der Waals surface area contributed by atoms with E-state index in [4.69, 9.17) is 0 Å². The smallest absolute Gasteiger partial charge is 0.271 e. The molecule has 154 valence electrons. The number of nitriles is 1. The fourth-order valence-electron chi connectivity index (χ4n) is 4.59. The second-order valence-electron chi connectivity index (χ2n) is 8.50. The molecule has 0 fully saturated rings. The highest BCUT2D eigenvalue weighted by Crippen LogP contribution is 2.48. The van der Waals surface area contributed by atoms with Gasteiger partial charge in [-0.25, -0.2) is 0 Å². The largest absolute Gasteiger partial charge is 0.393 e. The zero-order valence-electron chi connectivity index (χ0n) is 18.5. The van der Waals surface area contributed by atoms with Gasteiger partial charge in [0.05, 0.1) is 0 Å². The van der Waals surface area contributed by atoms with E-state index in [0.717, 1.165) is 21.7 Å². The first-order valence-corrected chi connectivity index (χ1v) is 10.4. The molecule has 0 unspecified atom stereocenters. The molecule has 0 spiro atoms. The zero-order chi connectivity index (χ0) is 22.5. The molecule has 0 bridgehead atoms. The fourth-order valence-corrected chi connectivity index (χ4v) is 4.59. The van der Waals surface area contributed by atoms with Crippen molar-refractivity contribution in [1.29, 1.82) is 5.26 Å². The zero-order valence-corrected chi connectivity index (χ0v) is 18.5. The third-order valence-electron chi connectivity index (χ3n) is 6.45. The van der Waals surface area contributed by atoms with Gasteiger partial charge in [0.25, 0.3) is 11.8 Å². The van der Waals surface area contributed by atoms with Gasteiger partial charge in [-0.2, -0.15) is 5.26 Å². The molecular formula is C25H24BN3O2. The summed E-state index contributed by atoms with van der Waals surface area (Å²) in [6, 6.07) is 16.5. The van der Waals surface area contributed by atoms with Gasteiger partial charge in [-0.3, -0.25) is 14.5 Å². The van der Waals surface area contributed by atoms with Crippen LogP contribution >= 0.6 is 0 Å². The van der Waals surface area contributed by atoms with Gasteiger partial charge < -0.3 is 4.81 Å². The number of amides is 2. The Balaban J connectivity index is 1.87. The number of para-hydroxylation sites is 1. The summed E-state index contributed by atoms with van der Waals surface area (Å²) < 4.78 is 0. The van der Waals surface area contributed by atoms with Crippen molar-refractivity contribution < 1.29 is 9.59 Å². The van der Waals surface area contributed by atoms with Gasteiger partial charge in [0, 0.05) is 28.9 Å². The summed E-state index contributed by atoms with van der Waals surface area (Å²) in [6.45, 7) is 8.04. The van der Waals surface area contributed by atoms with Crippen LogP contribution in [-0.4, -0.2) is 31.2 Å². The lowest BCUT2D eigenvalue weighted by Gasteiger charge is -2.41. The summed E-state index contributed by atoms with van der Waals surface area (Å²) in [5.74, 6) is -0.877. The first-order chi connectivity index (χ1) is 14.7. The lowest BCUT2D eigenvalue weighted by Crippen LogP contribution is -2.42. The normalized spacial score (nSPS) is 18.7. The van der Waals surface area contributed by atoms with Crippen LogP contribution in [0.25, 0.3) is 6.08 Å². The maximum atomic E-state index is 13.0. The number of carbonyl (C=O) groups excluding carboxylic acids is 2. The van der Waals surface area contributed by atoms with Crippen LogP contribution in [0, 0.1) is 11.3 Å². The molecule has 0 aromatic heterocycles. The summed E-state index contributed by atoms with van der Waals surface area (Å²) in [6.07, 6.45) is 1.79. The molecule has 2 aliphatic rings. The van der Waals surface area contributed by atoms with Gasteiger partial charge in [0.2, 0.25) is 7.98 Å². The molecule has 6 heteroatoms. The first-order valence-electron chi connectivity index (χ1n) is 10.4. The maximum absolute atomic E-state index is 13.0. The SMILES string of the molecule is BN1c2ccccc2C(C)(C)c2cc(/C=C3/C(=O)N(CC)C(=O)C(C#N)=C3C)ccc21. The fraction of sp³-hybridized carbons (Fsp3) is 0.240. The van der Waals surface area contributed by atoms with Crippen LogP contribution in [0.4, 0.5) is 11.4 Å². The quantitative estimate of drug-likeness (QED) is 0.432. The summed E-state index contributed by atoms with van der Waals surface area (Å²) in [4.78, 5) is 28.7. The van der Waals surface area contributed by atoms with E-state index in [-0.39, 0.29) is 23.4 Å². The second-order valence-corrected chi connectivity index (χ2v) is 8.50. The average Bonchev–Trinajstić information content (AvgIpc) is 2.76. The minimum atomic E-state index is -0.519. The van der Waals surface area contributed by atoms with Gasteiger partial charge >= 0.3 is 0 Å². The highest BCUT2D eigenvalue weighted by atomic mass is 16.2. The van der Waals surface area contributed by atoms with E-state index in [2.05, 4.69) is 57.0 Å². The average molecular weight is 409 g/mol. The number of likely N-dealkylation sites (N-methyl/N-ethyl adjacent to an activating group) is 1. The maximum Gasteiger partial charge on any atom is 0.271 e. The van der Waals surface area contributed by atoms with Crippen molar-refractivity contribution in [1.82, 2.24) is 4.90 Å². The molecule has 2 aliphatic heterocycles. The van der Waals surface area contributed by atoms with Gasteiger partial charge in [0.1, 0.15) is 11.6 Å². The molecule has 0 N–H and O–H groups in total. The minimum Gasteiger partial charge on any atom is -0.393 e. The van der Waals surface area contributed by atoms with E-state index in [1.807, 2.05) is 18.2 Å². The van der Waals surface area contributed by atoms with Crippen molar-refractivity contribution in [2.24, 2.45) is 0 Å². The minimum absolute atomic E-state index is 0.0275. The van der Waals surface area contributed by atoms with Gasteiger partial charge in [-0.1, -0.05) is 38.1 Å². The lowest BCUT2D eigenvalue weighted by molar-refractivity contribution is -0.140. The van der Waals surface area contributed by atoms with Crippen LogP contribution < -0.4 is 4.81 Å². The van der Waals surface area contributed by atoms with Crippen LogP contribution in [0.15, 0.2) is 59.2 Å². The molecule has 0 radical (unpaired) electrons. The van der Waals surface area contributed by atoms with Crippen molar-refractivity contribution >= 4 is 37.2 Å². The Bertz CT molecular complexity index is 1230. The Hall–Kier alpha value is -3.59. The van der Waals surface area contributed by atoms with Gasteiger partial charge in [-0.05, 0) is 60.4 Å². The molecule has 4 rings (SSSR count). The number of hydrogen-bond donors (Lipinski definition) is 0. The van der Waals surface area contributed by atoms with Crippen molar-refractivity contribution in [2.45, 2.75) is 33.1 Å². The van der Waals surface area contributed by atoms with Crippen molar-refractivity contribution in [3.63, 3.8) is 0 Å². The first kappa shape index (κ1) is 20.7. The number of imide groups is 1. The van der Waals surface area contributed by atoms with E-state index in [9.17, 15) is 14.9 Å². The number of anilines is 2. The lowest BCUT2D eigenvalue weighted by atomic mass is 9.72. The molecule has 2 aromatic carbocycles. The van der Waals surface area contributed by atoms with E-state index < -0.39 is 5.91 Å². The number of rotatable bonds is 2. The molecule has 2 heterocycles. The van der Waals surface area contributed by atoms with E-state index in [1.54, 1.807) is 19.9 Å². The Morgan fingerprint density at radius 2 is 1.74 bits per heavy atom. The number of hydrogen-bond acceptors (Lipinski definition) is 4. The van der Waals surface area contributed by atoms with E-state index in [1.165, 1.54) is 11.3 Å². The molecule has 2 aromatic rings. The number of fused-ring (bicyclic) bond motifs is 2. The predicted octanol–water partition coefficient (Wildman–Crippen LogP) is 3.62. The van der Waals surface area contributed by atoms with E-state index in [0.29, 0.717) is 11.1 Å². The Morgan fingerprint density at radius 3 is 2.42 bits per heavy atom.